The number of hydrogen-bond donors (Lipinski definition) is 1. The zero-order valence-corrected chi connectivity index (χ0v) is 10.7. The van der Waals surface area contributed by atoms with Crippen molar-refractivity contribution >= 4 is 11.4 Å². The van der Waals surface area contributed by atoms with Crippen LogP contribution in [0.1, 0.15) is 24.5 Å². The standard InChI is InChI=1S/C16H17NO/c1-3-15(17-13-7-5-4-6-8-13)14-11-12(2)9-10-16(14)18/h4-11,18H,3H2,1-2H3. The Labute approximate surface area is 108 Å². The quantitative estimate of drug-likeness (QED) is 0.799. The van der Waals surface area contributed by atoms with Gasteiger partial charge in [-0.25, -0.2) is 0 Å². The van der Waals surface area contributed by atoms with Gasteiger partial charge in [-0.15, -0.1) is 0 Å². The van der Waals surface area contributed by atoms with Crippen LogP contribution in [0.15, 0.2) is 53.5 Å². The third-order valence-corrected chi connectivity index (χ3v) is 2.82. The Morgan fingerprint density at radius 2 is 1.83 bits per heavy atom. The van der Waals surface area contributed by atoms with E-state index in [9.17, 15) is 5.11 Å². The van der Waals surface area contributed by atoms with Gasteiger partial charge in [-0.05, 0) is 37.6 Å². The van der Waals surface area contributed by atoms with E-state index < -0.39 is 0 Å². The summed E-state index contributed by atoms with van der Waals surface area (Å²) in [5.74, 6) is 0.289. The van der Waals surface area contributed by atoms with Gasteiger partial charge in [-0.3, -0.25) is 4.99 Å². The van der Waals surface area contributed by atoms with Gasteiger partial charge >= 0.3 is 0 Å². The Kier molecular flexibility index (Phi) is 3.78. The zero-order chi connectivity index (χ0) is 13.0. The highest BCUT2D eigenvalue weighted by Gasteiger charge is 2.07. The lowest BCUT2D eigenvalue weighted by Gasteiger charge is -2.08. The maximum Gasteiger partial charge on any atom is 0.124 e. The van der Waals surface area contributed by atoms with Crippen molar-refractivity contribution in [3.05, 3.63) is 59.7 Å². The molecule has 2 aromatic rings. The van der Waals surface area contributed by atoms with Crippen molar-refractivity contribution in [2.45, 2.75) is 20.3 Å². The van der Waals surface area contributed by atoms with E-state index in [1.807, 2.05) is 56.3 Å². The second kappa shape index (κ2) is 5.50. The van der Waals surface area contributed by atoms with E-state index in [2.05, 4.69) is 4.99 Å². The fourth-order valence-electron chi connectivity index (χ4n) is 1.87. The summed E-state index contributed by atoms with van der Waals surface area (Å²) in [6.07, 6.45) is 0.784. The summed E-state index contributed by atoms with van der Waals surface area (Å²) >= 11 is 0. The van der Waals surface area contributed by atoms with Crippen LogP contribution in [-0.2, 0) is 0 Å². The van der Waals surface area contributed by atoms with Crippen molar-refractivity contribution in [2.24, 2.45) is 4.99 Å². The summed E-state index contributed by atoms with van der Waals surface area (Å²) in [6.45, 7) is 4.06. The van der Waals surface area contributed by atoms with Crippen molar-refractivity contribution in [3.63, 3.8) is 0 Å². The molecule has 0 atom stereocenters. The predicted octanol–water partition coefficient (Wildman–Crippen LogP) is 4.23. The Hall–Kier alpha value is -2.09. The lowest BCUT2D eigenvalue weighted by atomic mass is 10.0. The van der Waals surface area contributed by atoms with E-state index in [1.165, 1.54) is 0 Å². The van der Waals surface area contributed by atoms with Gasteiger partial charge in [0, 0.05) is 5.56 Å². The first kappa shape index (κ1) is 12.4. The van der Waals surface area contributed by atoms with Gasteiger partial charge in [0.25, 0.3) is 0 Å². The normalized spacial score (nSPS) is 11.6. The fraction of sp³-hybridized carbons (Fsp3) is 0.188. The van der Waals surface area contributed by atoms with Gasteiger partial charge in [0.1, 0.15) is 5.75 Å². The molecule has 0 aliphatic heterocycles. The monoisotopic (exact) mass is 239 g/mol. The number of para-hydroxylation sites is 1. The molecular formula is C16H17NO. The first-order valence-corrected chi connectivity index (χ1v) is 6.13. The van der Waals surface area contributed by atoms with Crippen molar-refractivity contribution in [3.8, 4) is 5.75 Å². The molecule has 0 fully saturated rings. The van der Waals surface area contributed by atoms with Crippen LogP contribution in [0.25, 0.3) is 0 Å². The van der Waals surface area contributed by atoms with Gasteiger partial charge in [0.05, 0.1) is 11.4 Å². The first-order valence-electron chi connectivity index (χ1n) is 6.13. The number of rotatable bonds is 3. The number of nitrogens with zero attached hydrogens (tertiary/aromatic N) is 1. The van der Waals surface area contributed by atoms with E-state index in [0.717, 1.165) is 28.9 Å². The molecule has 0 bridgehead atoms. The maximum absolute atomic E-state index is 9.93. The minimum Gasteiger partial charge on any atom is -0.507 e. The Bertz CT molecular complexity index is 559. The largest absolute Gasteiger partial charge is 0.507 e. The van der Waals surface area contributed by atoms with E-state index in [0.29, 0.717) is 0 Å². The molecular weight excluding hydrogens is 222 g/mol. The molecule has 0 amide bonds. The highest BCUT2D eigenvalue weighted by molar-refractivity contribution is 6.04. The Morgan fingerprint density at radius 1 is 1.11 bits per heavy atom. The van der Waals surface area contributed by atoms with E-state index >= 15 is 0 Å². The van der Waals surface area contributed by atoms with Gasteiger partial charge in [-0.2, -0.15) is 0 Å². The minimum atomic E-state index is 0.289. The number of aryl methyl sites for hydroxylation is 1. The molecule has 2 rings (SSSR count). The highest BCUT2D eigenvalue weighted by atomic mass is 16.3. The van der Waals surface area contributed by atoms with E-state index in [4.69, 9.17) is 0 Å². The SMILES string of the molecule is CCC(=Nc1ccccc1)c1cc(C)ccc1O. The summed E-state index contributed by atoms with van der Waals surface area (Å²) < 4.78 is 0. The molecule has 0 spiro atoms. The van der Waals surface area contributed by atoms with E-state index in [-0.39, 0.29) is 5.75 Å². The molecule has 1 N–H and O–H groups in total. The number of phenols is 1. The van der Waals surface area contributed by atoms with Gasteiger partial charge in [-0.1, -0.05) is 36.8 Å². The summed E-state index contributed by atoms with van der Waals surface area (Å²) in [4.78, 5) is 4.61. The summed E-state index contributed by atoms with van der Waals surface area (Å²) in [5.41, 5.74) is 3.76. The molecule has 0 radical (unpaired) electrons. The average Bonchev–Trinajstić information content (AvgIpc) is 2.40. The topological polar surface area (TPSA) is 32.6 Å². The number of aromatic hydroxyl groups is 1. The molecule has 2 heteroatoms. The predicted molar refractivity (Wildman–Crippen MR) is 75.8 cm³/mol. The zero-order valence-electron chi connectivity index (χ0n) is 10.7. The van der Waals surface area contributed by atoms with Crippen LogP contribution in [0.3, 0.4) is 0 Å². The second-order valence-electron chi connectivity index (χ2n) is 4.27. The lowest BCUT2D eigenvalue weighted by molar-refractivity contribution is 0.474. The third kappa shape index (κ3) is 2.77. The molecule has 2 aromatic carbocycles. The number of aliphatic imine (C=N–C) groups is 1. The smallest absolute Gasteiger partial charge is 0.124 e. The van der Waals surface area contributed by atoms with Crippen LogP contribution in [0, 0.1) is 6.92 Å². The van der Waals surface area contributed by atoms with Crippen molar-refractivity contribution in [1.82, 2.24) is 0 Å². The summed E-state index contributed by atoms with van der Waals surface area (Å²) in [7, 11) is 0. The lowest BCUT2D eigenvalue weighted by Crippen LogP contribution is -1.99. The van der Waals surface area contributed by atoms with Crippen molar-refractivity contribution in [2.75, 3.05) is 0 Å². The molecule has 18 heavy (non-hydrogen) atoms. The average molecular weight is 239 g/mol. The van der Waals surface area contributed by atoms with Crippen LogP contribution in [0.5, 0.6) is 5.75 Å². The first-order chi connectivity index (χ1) is 8.70. The van der Waals surface area contributed by atoms with Gasteiger partial charge < -0.3 is 5.11 Å². The van der Waals surface area contributed by atoms with Crippen LogP contribution in [-0.4, -0.2) is 10.8 Å². The van der Waals surface area contributed by atoms with Crippen molar-refractivity contribution in [1.29, 1.82) is 0 Å². The Morgan fingerprint density at radius 3 is 2.50 bits per heavy atom. The van der Waals surface area contributed by atoms with Crippen LogP contribution < -0.4 is 0 Å². The van der Waals surface area contributed by atoms with Gasteiger partial charge in [0.15, 0.2) is 0 Å². The van der Waals surface area contributed by atoms with Crippen molar-refractivity contribution < 1.29 is 5.11 Å². The van der Waals surface area contributed by atoms with Gasteiger partial charge in [0.2, 0.25) is 0 Å². The molecule has 0 aliphatic carbocycles. The van der Waals surface area contributed by atoms with E-state index in [1.54, 1.807) is 6.07 Å². The third-order valence-electron chi connectivity index (χ3n) is 2.82. The Balaban J connectivity index is 2.45. The van der Waals surface area contributed by atoms with Crippen LogP contribution in [0.2, 0.25) is 0 Å². The molecule has 92 valence electrons. The maximum atomic E-state index is 9.93. The summed E-state index contributed by atoms with van der Waals surface area (Å²) in [6, 6.07) is 15.4. The summed E-state index contributed by atoms with van der Waals surface area (Å²) in [5, 5.41) is 9.93. The minimum absolute atomic E-state index is 0.289. The number of hydrogen-bond acceptors (Lipinski definition) is 2. The molecule has 2 nitrogen and oxygen atoms in total. The second-order valence-corrected chi connectivity index (χ2v) is 4.27. The number of benzene rings is 2. The molecule has 0 saturated carbocycles. The molecule has 0 aliphatic rings. The highest BCUT2D eigenvalue weighted by Crippen LogP contribution is 2.23. The molecule has 0 unspecified atom stereocenters. The fourth-order valence-corrected chi connectivity index (χ4v) is 1.87. The molecule has 0 heterocycles. The molecule has 0 aromatic heterocycles. The van der Waals surface area contributed by atoms with Crippen LogP contribution in [0.4, 0.5) is 5.69 Å². The number of phenolic OH excluding ortho intramolecular Hbond substituents is 1. The molecule has 0 saturated heterocycles. The van der Waals surface area contributed by atoms with Crippen LogP contribution >= 0.6 is 0 Å².